The van der Waals surface area contributed by atoms with Crippen molar-refractivity contribution >= 4 is 11.5 Å². The molecule has 0 spiro atoms. The summed E-state index contributed by atoms with van der Waals surface area (Å²) in [6, 6.07) is 9.48. The van der Waals surface area contributed by atoms with Crippen LogP contribution in [0.15, 0.2) is 41.3 Å². The van der Waals surface area contributed by atoms with Gasteiger partial charge >= 0.3 is 5.69 Å². The van der Waals surface area contributed by atoms with E-state index >= 15 is 0 Å². The molecule has 1 saturated heterocycles. The average Bonchev–Trinajstić information content (AvgIpc) is 2.90. The molecule has 8 nitrogen and oxygen atoms in total. The van der Waals surface area contributed by atoms with Gasteiger partial charge in [-0.1, -0.05) is 30.3 Å². The summed E-state index contributed by atoms with van der Waals surface area (Å²) in [6.07, 6.45) is -4.59. The van der Waals surface area contributed by atoms with Gasteiger partial charge in [-0.15, -0.1) is 0 Å². The second-order valence-corrected chi connectivity index (χ2v) is 5.75. The van der Waals surface area contributed by atoms with E-state index in [0.717, 1.165) is 10.1 Å². The molecule has 0 saturated carbocycles. The fourth-order valence-electron chi connectivity index (χ4n) is 2.67. The van der Waals surface area contributed by atoms with Gasteiger partial charge in [0.15, 0.2) is 18.2 Å². The van der Waals surface area contributed by atoms with Crippen LogP contribution in [0.1, 0.15) is 11.8 Å². The number of halogens is 1. The monoisotopic (exact) mass is 350 g/mol. The van der Waals surface area contributed by atoms with Crippen molar-refractivity contribution in [3.05, 3.63) is 52.6 Å². The second-order valence-electron chi connectivity index (χ2n) is 5.75. The standard InChI is InChI=1S/C16H19FN4O4/c17-12-13(23)11(8-22)25-15(12)21-7-10(14(18)20-16(21)24)19-6-9-4-2-1-3-5-9/h1-5,7,11-13,15,19,22-23H,6,8H2,(H2,18,20,24)/t11-,12-,13-,15-/m1/s1. The summed E-state index contributed by atoms with van der Waals surface area (Å²) in [7, 11) is 0. The first-order valence-corrected chi connectivity index (χ1v) is 7.76. The molecule has 5 N–H and O–H groups in total. The number of anilines is 2. The van der Waals surface area contributed by atoms with Gasteiger partial charge < -0.3 is 26.0 Å². The summed E-state index contributed by atoms with van der Waals surface area (Å²) in [4.78, 5) is 15.7. The number of ether oxygens (including phenoxy) is 1. The van der Waals surface area contributed by atoms with E-state index in [2.05, 4.69) is 10.3 Å². The highest BCUT2D eigenvalue weighted by atomic mass is 19.1. The van der Waals surface area contributed by atoms with E-state index in [1.807, 2.05) is 30.3 Å². The Morgan fingerprint density at radius 1 is 1.36 bits per heavy atom. The number of nitrogens with two attached hydrogens (primary N) is 1. The Balaban J connectivity index is 1.85. The van der Waals surface area contributed by atoms with Crippen LogP contribution in [0.3, 0.4) is 0 Å². The van der Waals surface area contributed by atoms with Crippen LogP contribution < -0.4 is 16.7 Å². The third-order valence-corrected chi connectivity index (χ3v) is 4.05. The molecule has 134 valence electrons. The molecule has 4 atom stereocenters. The van der Waals surface area contributed by atoms with E-state index in [1.165, 1.54) is 6.20 Å². The molecular formula is C16H19FN4O4. The minimum Gasteiger partial charge on any atom is -0.394 e. The summed E-state index contributed by atoms with van der Waals surface area (Å²) in [5, 5.41) is 21.9. The van der Waals surface area contributed by atoms with Gasteiger partial charge in [0.2, 0.25) is 0 Å². The van der Waals surface area contributed by atoms with Crippen LogP contribution in [0.4, 0.5) is 15.9 Å². The van der Waals surface area contributed by atoms with Crippen molar-refractivity contribution in [2.75, 3.05) is 17.7 Å². The lowest BCUT2D eigenvalue weighted by Gasteiger charge is -2.18. The zero-order valence-electron chi connectivity index (χ0n) is 13.2. The number of rotatable bonds is 5. The van der Waals surface area contributed by atoms with Crippen LogP contribution in [0.5, 0.6) is 0 Å². The van der Waals surface area contributed by atoms with Crippen LogP contribution in [0.2, 0.25) is 0 Å². The molecular weight excluding hydrogens is 331 g/mol. The van der Waals surface area contributed by atoms with Crippen molar-refractivity contribution in [1.29, 1.82) is 0 Å². The molecule has 1 aliphatic heterocycles. The van der Waals surface area contributed by atoms with Gasteiger partial charge in [-0.2, -0.15) is 4.98 Å². The van der Waals surface area contributed by atoms with Crippen LogP contribution in [-0.2, 0) is 11.3 Å². The molecule has 9 heteroatoms. The molecule has 0 aliphatic carbocycles. The Morgan fingerprint density at radius 3 is 2.72 bits per heavy atom. The molecule has 0 amide bonds. The molecule has 2 heterocycles. The lowest BCUT2D eigenvalue weighted by molar-refractivity contribution is -0.0490. The molecule has 1 aromatic heterocycles. The van der Waals surface area contributed by atoms with Crippen molar-refractivity contribution in [2.24, 2.45) is 0 Å². The number of aliphatic hydroxyl groups excluding tert-OH is 2. The van der Waals surface area contributed by atoms with Crippen molar-refractivity contribution in [3.8, 4) is 0 Å². The molecule has 3 rings (SSSR count). The van der Waals surface area contributed by atoms with Crippen LogP contribution in [0, 0.1) is 0 Å². The van der Waals surface area contributed by atoms with E-state index < -0.39 is 36.9 Å². The maximum atomic E-state index is 14.2. The SMILES string of the molecule is Nc1nc(=O)n([C@@H]2O[C@H](CO)[C@@H](O)[C@H]2F)cc1NCc1ccccc1. The molecule has 0 unspecified atom stereocenters. The number of benzene rings is 1. The second kappa shape index (κ2) is 7.18. The predicted octanol–water partition coefficient (Wildman–Crippen LogP) is 0.0263. The lowest BCUT2D eigenvalue weighted by Crippen LogP contribution is -2.34. The Hall–Kier alpha value is -2.49. The summed E-state index contributed by atoms with van der Waals surface area (Å²) in [5.41, 5.74) is 6.27. The largest absolute Gasteiger partial charge is 0.394 e. The molecule has 1 aromatic carbocycles. The minimum absolute atomic E-state index is 0.0233. The lowest BCUT2D eigenvalue weighted by atomic mass is 10.1. The minimum atomic E-state index is -1.87. The number of nitrogens with zero attached hydrogens (tertiary/aromatic N) is 2. The topological polar surface area (TPSA) is 123 Å². The quantitative estimate of drug-likeness (QED) is 0.600. The van der Waals surface area contributed by atoms with Gasteiger partial charge in [0.25, 0.3) is 0 Å². The molecule has 2 aromatic rings. The number of alkyl halides is 1. The van der Waals surface area contributed by atoms with E-state index in [4.69, 9.17) is 15.6 Å². The van der Waals surface area contributed by atoms with Crippen LogP contribution in [0.25, 0.3) is 0 Å². The average molecular weight is 350 g/mol. The van der Waals surface area contributed by atoms with E-state index in [-0.39, 0.29) is 5.82 Å². The Kier molecular flexibility index (Phi) is 4.98. The highest BCUT2D eigenvalue weighted by Crippen LogP contribution is 2.31. The maximum Gasteiger partial charge on any atom is 0.351 e. The molecule has 1 aliphatic rings. The predicted molar refractivity (Wildman–Crippen MR) is 88.6 cm³/mol. The third-order valence-electron chi connectivity index (χ3n) is 4.05. The molecule has 1 fully saturated rings. The van der Waals surface area contributed by atoms with Gasteiger partial charge in [-0.05, 0) is 5.56 Å². The normalized spacial score (nSPS) is 25.9. The fourth-order valence-corrected chi connectivity index (χ4v) is 2.67. The molecule has 25 heavy (non-hydrogen) atoms. The van der Waals surface area contributed by atoms with E-state index in [9.17, 15) is 14.3 Å². The molecule has 0 radical (unpaired) electrons. The maximum absolute atomic E-state index is 14.2. The van der Waals surface area contributed by atoms with Crippen molar-refractivity contribution in [1.82, 2.24) is 9.55 Å². The zero-order valence-corrected chi connectivity index (χ0v) is 13.2. The zero-order chi connectivity index (χ0) is 18.0. The third kappa shape index (κ3) is 3.48. The molecule has 0 bridgehead atoms. The highest BCUT2D eigenvalue weighted by Gasteiger charge is 2.45. The van der Waals surface area contributed by atoms with Crippen LogP contribution in [-0.4, -0.2) is 44.8 Å². The summed E-state index contributed by atoms with van der Waals surface area (Å²) < 4.78 is 20.4. The number of hydrogen-bond donors (Lipinski definition) is 4. The summed E-state index contributed by atoms with van der Waals surface area (Å²) in [5.74, 6) is -0.0233. The van der Waals surface area contributed by atoms with Gasteiger partial charge in [0.05, 0.1) is 12.3 Å². The first kappa shape index (κ1) is 17.3. The van der Waals surface area contributed by atoms with Crippen molar-refractivity contribution < 1.29 is 19.3 Å². The first-order valence-electron chi connectivity index (χ1n) is 7.76. The number of hydrogen-bond acceptors (Lipinski definition) is 7. The van der Waals surface area contributed by atoms with E-state index in [0.29, 0.717) is 12.2 Å². The number of aliphatic hydroxyl groups is 2. The summed E-state index contributed by atoms with van der Waals surface area (Å²) in [6.45, 7) is -0.133. The summed E-state index contributed by atoms with van der Waals surface area (Å²) >= 11 is 0. The van der Waals surface area contributed by atoms with Crippen molar-refractivity contribution in [3.63, 3.8) is 0 Å². The first-order chi connectivity index (χ1) is 12.0. The van der Waals surface area contributed by atoms with Gasteiger partial charge in [-0.3, -0.25) is 4.57 Å². The Morgan fingerprint density at radius 2 is 2.08 bits per heavy atom. The van der Waals surface area contributed by atoms with Crippen molar-refractivity contribution in [2.45, 2.75) is 31.2 Å². The number of nitrogen functional groups attached to an aromatic ring is 1. The smallest absolute Gasteiger partial charge is 0.351 e. The van der Waals surface area contributed by atoms with E-state index in [1.54, 1.807) is 0 Å². The van der Waals surface area contributed by atoms with Gasteiger partial charge in [0.1, 0.15) is 12.2 Å². The van der Waals surface area contributed by atoms with Gasteiger partial charge in [-0.25, -0.2) is 9.18 Å². The van der Waals surface area contributed by atoms with Gasteiger partial charge in [0, 0.05) is 12.7 Å². The Bertz CT molecular complexity index is 785. The van der Waals surface area contributed by atoms with Crippen LogP contribution >= 0.6 is 0 Å². The number of nitrogens with one attached hydrogen (secondary N) is 1. The highest BCUT2D eigenvalue weighted by molar-refractivity contribution is 5.59. The number of aromatic nitrogens is 2. The Labute approximate surface area is 142 Å². The fraction of sp³-hybridized carbons (Fsp3) is 0.375.